The van der Waals surface area contributed by atoms with Gasteiger partial charge in [-0.2, -0.15) is 11.8 Å². The van der Waals surface area contributed by atoms with Crippen molar-refractivity contribution in [1.82, 2.24) is 5.32 Å². The number of carbonyl (C=O) groups excluding carboxylic acids is 1. The zero-order valence-corrected chi connectivity index (χ0v) is 13.0. The summed E-state index contributed by atoms with van der Waals surface area (Å²) in [5.41, 5.74) is 0.598. The van der Waals surface area contributed by atoms with Gasteiger partial charge in [-0.1, -0.05) is 0 Å². The third-order valence-electron chi connectivity index (χ3n) is 3.65. The van der Waals surface area contributed by atoms with Crippen molar-refractivity contribution in [2.45, 2.75) is 24.5 Å². The van der Waals surface area contributed by atoms with E-state index >= 15 is 0 Å². The number of benzene rings is 1. The minimum Gasteiger partial charge on any atom is -0.388 e. The van der Waals surface area contributed by atoms with Gasteiger partial charge in [-0.15, -0.1) is 0 Å². The van der Waals surface area contributed by atoms with Crippen molar-refractivity contribution < 1.29 is 9.72 Å². The van der Waals surface area contributed by atoms with Crippen molar-refractivity contribution in [3.8, 4) is 0 Å². The Labute approximate surface area is 127 Å². The second kappa shape index (κ2) is 6.34. The van der Waals surface area contributed by atoms with Crippen LogP contribution in [0.25, 0.3) is 0 Å². The van der Waals surface area contributed by atoms with Crippen molar-refractivity contribution in [1.29, 1.82) is 0 Å². The van der Waals surface area contributed by atoms with Crippen LogP contribution in [0.1, 0.15) is 30.1 Å². The number of hydrogen-bond donors (Lipinski definition) is 2. The van der Waals surface area contributed by atoms with Gasteiger partial charge in [0.2, 0.25) is 0 Å². The molecule has 1 heterocycles. The van der Waals surface area contributed by atoms with E-state index in [1.807, 2.05) is 11.8 Å². The van der Waals surface area contributed by atoms with Crippen molar-refractivity contribution in [2.75, 3.05) is 24.7 Å². The van der Waals surface area contributed by atoms with Crippen LogP contribution in [0.2, 0.25) is 0 Å². The number of rotatable bonds is 5. The number of anilines is 1. The van der Waals surface area contributed by atoms with Gasteiger partial charge < -0.3 is 10.6 Å². The molecule has 6 nitrogen and oxygen atoms in total. The normalized spacial score (nSPS) is 21.0. The fourth-order valence-electron chi connectivity index (χ4n) is 2.37. The Bertz CT molecular complexity index is 556. The van der Waals surface area contributed by atoms with E-state index in [9.17, 15) is 14.9 Å². The van der Waals surface area contributed by atoms with Crippen LogP contribution in [0.4, 0.5) is 11.4 Å². The number of amides is 1. The lowest BCUT2D eigenvalue weighted by molar-refractivity contribution is -0.385. The standard InChI is InChI=1S/C14H19N3O3S/c1-14(6-3-7-21-14)9-16-13(18)11-8-10(15-2)4-5-12(11)17(19)20/h4-5,8,15H,3,6-7,9H2,1-2H3,(H,16,18). The number of hydrogen-bond acceptors (Lipinski definition) is 5. The van der Waals surface area contributed by atoms with Crippen LogP contribution in [0.3, 0.4) is 0 Å². The van der Waals surface area contributed by atoms with E-state index in [0.717, 1.165) is 18.6 Å². The van der Waals surface area contributed by atoms with Gasteiger partial charge in [-0.05, 0) is 37.7 Å². The van der Waals surface area contributed by atoms with Gasteiger partial charge in [-0.25, -0.2) is 0 Å². The summed E-state index contributed by atoms with van der Waals surface area (Å²) in [6, 6.07) is 4.45. The number of nitrogens with one attached hydrogen (secondary N) is 2. The third-order valence-corrected chi connectivity index (χ3v) is 5.19. The first kappa shape index (κ1) is 15.6. The van der Waals surface area contributed by atoms with E-state index in [-0.39, 0.29) is 16.0 Å². The zero-order chi connectivity index (χ0) is 15.5. The molecule has 1 saturated heterocycles. The van der Waals surface area contributed by atoms with Crippen LogP contribution >= 0.6 is 11.8 Å². The molecule has 1 aliphatic rings. The molecule has 2 N–H and O–H groups in total. The van der Waals surface area contributed by atoms with Crippen LogP contribution in [-0.4, -0.2) is 34.9 Å². The molecule has 1 unspecified atom stereocenters. The van der Waals surface area contributed by atoms with Crippen LogP contribution in [0.5, 0.6) is 0 Å². The Hall–Kier alpha value is -1.76. The molecule has 114 valence electrons. The van der Waals surface area contributed by atoms with Crippen molar-refractivity contribution in [3.63, 3.8) is 0 Å². The molecule has 1 fully saturated rings. The molecule has 1 aromatic rings. The van der Waals surface area contributed by atoms with Gasteiger partial charge in [0.05, 0.1) is 4.92 Å². The number of thioether (sulfide) groups is 1. The topological polar surface area (TPSA) is 84.3 Å². The summed E-state index contributed by atoms with van der Waals surface area (Å²) < 4.78 is 0.0328. The molecule has 1 amide bonds. The molecule has 7 heteroatoms. The summed E-state index contributed by atoms with van der Waals surface area (Å²) in [4.78, 5) is 22.8. The molecule has 0 saturated carbocycles. The number of nitrogens with zero attached hydrogens (tertiary/aromatic N) is 1. The predicted octanol–water partition coefficient (Wildman–Crippen LogP) is 2.65. The Morgan fingerprint density at radius 1 is 1.52 bits per heavy atom. The van der Waals surface area contributed by atoms with Crippen LogP contribution < -0.4 is 10.6 Å². The third kappa shape index (κ3) is 3.66. The average molecular weight is 309 g/mol. The monoisotopic (exact) mass is 309 g/mol. The van der Waals surface area contributed by atoms with E-state index < -0.39 is 10.8 Å². The molecule has 0 aliphatic carbocycles. The number of nitro benzene ring substituents is 1. The maximum atomic E-state index is 12.3. The van der Waals surface area contributed by atoms with E-state index in [0.29, 0.717) is 12.2 Å². The highest BCUT2D eigenvalue weighted by Crippen LogP contribution is 2.37. The quantitative estimate of drug-likeness (QED) is 0.645. The first-order valence-electron chi connectivity index (χ1n) is 6.83. The summed E-state index contributed by atoms with van der Waals surface area (Å²) in [7, 11) is 1.71. The van der Waals surface area contributed by atoms with Crippen LogP contribution in [0.15, 0.2) is 18.2 Å². The Kier molecular flexibility index (Phi) is 4.72. The van der Waals surface area contributed by atoms with Gasteiger partial charge >= 0.3 is 0 Å². The Morgan fingerprint density at radius 2 is 2.29 bits per heavy atom. The minimum atomic E-state index is -0.527. The molecule has 21 heavy (non-hydrogen) atoms. The highest BCUT2D eigenvalue weighted by atomic mass is 32.2. The summed E-state index contributed by atoms with van der Waals surface area (Å²) >= 11 is 1.84. The maximum absolute atomic E-state index is 12.3. The van der Waals surface area contributed by atoms with Gasteiger partial charge in [-0.3, -0.25) is 14.9 Å². The van der Waals surface area contributed by atoms with Gasteiger partial charge in [0.25, 0.3) is 11.6 Å². The Balaban J connectivity index is 2.15. The van der Waals surface area contributed by atoms with E-state index in [1.54, 1.807) is 13.1 Å². The molecular weight excluding hydrogens is 290 g/mol. The molecule has 1 aromatic carbocycles. The lowest BCUT2D eigenvalue weighted by Gasteiger charge is -2.22. The molecule has 0 radical (unpaired) electrons. The fourth-order valence-corrected chi connectivity index (χ4v) is 3.62. The SMILES string of the molecule is CNc1ccc([N+](=O)[O-])c(C(=O)NCC2(C)CCCS2)c1. The van der Waals surface area contributed by atoms with Crippen LogP contribution in [-0.2, 0) is 0 Å². The lowest BCUT2D eigenvalue weighted by Crippen LogP contribution is -2.37. The van der Waals surface area contributed by atoms with Crippen molar-refractivity contribution in [3.05, 3.63) is 33.9 Å². The number of carbonyl (C=O) groups is 1. The summed E-state index contributed by atoms with van der Waals surface area (Å²) in [6.07, 6.45) is 2.20. The summed E-state index contributed by atoms with van der Waals surface area (Å²) in [5.74, 6) is 0.703. The van der Waals surface area contributed by atoms with Crippen LogP contribution in [0, 0.1) is 10.1 Å². The maximum Gasteiger partial charge on any atom is 0.282 e. The largest absolute Gasteiger partial charge is 0.388 e. The highest BCUT2D eigenvalue weighted by Gasteiger charge is 2.30. The molecule has 0 bridgehead atoms. The molecule has 1 aliphatic heterocycles. The van der Waals surface area contributed by atoms with Gasteiger partial charge in [0, 0.05) is 30.1 Å². The molecule has 1 atom stereocenters. The summed E-state index contributed by atoms with van der Waals surface area (Å²) in [6.45, 7) is 2.64. The minimum absolute atomic E-state index is 0.0328. The first-order valence-corrected chi connectivity index (χ1v) is 7.82. The van der Waals surface area contributed by atoms with E-state index in [2.05, 4.69) is 17.6 Å². The highest BCUT2D eigenvalue weighted by molar-refractivity contribution is 8.00. The van der Waals surface area contributed by atoms with Crippen molar-refractivity contribution in [2.24, 2.45) is 0 Å². The zero-order valence-electron chi connectivity index (χ0n) is 12.1. The van der Waals surface area contributed by atoms with E-state index in [1.165, 1.54) is 12.1 Å². The number of nitro groups is 1. The second-order valence-corrected chi connectivity index (χ2v) is 7.01. The molecule has 2 rings (SSSR count). The smallest absolute Gasteiger partial charge is 0.282 e. The van der Waals surface area contributed by atoms with Gasteiger partial charge in [0.1, 0.15) is 5.56 Å². The first-order chi connectivity index (χ1) is 9.95. The lowest BCUT2D eigenvalue weighted by atomic mass is 10.1. The summed E-state index contributed by atoms with van der Waals surface area (Å²) in [5, 5.41) is 16.8. The second-order valence-electron chi connectivity index (χ2n) is 5.32. The average Bonchev–Trinajstić information content (AvgIpc) is 2.91. The van der Waals surface area contributed by atoms with Crippen molar-refractivity contribution >= 4 is 29.0 Å². The molecular formula is C14H19N3O3S. The molecule has 0 spiro atoms. The van der Waals surface area contributed by atoms with E-state index in [4.69, 9.17) is 0 Å². The fraction of sp³-hybridized carbons (Fsp3) is 0.500. The Morgan fingerprint density at radius 3 is 2.86 bits per heavy atom. The van der Waals surface area contributed by atoms with Gasteiger partial charge in [0.15, 0.2) is 0 Å². The molecule has 0 aromatic heterocycles. The predicted molar refractivity (Wildman–Crippen MR) is 85.1 cm³/mol.